The van der Waals surface area contributed by atoms with Crippen LogP contribution in [0.3, 0.4) is 0 Å². The third-order valence-electron chi connectivity index (χ3n) is 5.47. The zero-order valence-electron chi connectivity index (χ0n) is 18.4. The summed E-state index contributed by atoms with van der Waals surface area (Å²) in [7, 11) is 1.56. The molecule has 2 aromatic carbocycles. The number of hydrogen-bond acceptors (Lipinski definition) is 5. The summed E-state index contributed by atoms with van der Waals surface area (Å²) in [5.41, 5.74) is 3.06. The normalized spacial score (nSPS) is 16.3. The van der Waals surface area contributed by atoms with Gasteiger partial charge in [-0.15, -0.1) is 0 Å². The fourth-order valence-electron chi connectivity index (χ4n) is 3.85. The minimum Gasteiger partial charge on any atom is -0.447 e. The van der Waals surface area contributed by atoms with Crippen molar-refractivity contribution in [2.24, 2.45) is 0 Å². The lowest BCUT2D eigenvalue weighted by Crippen LogP contribution is -2.42. The van der Waals surface area contributed by atoms with Crippen LogP contribution in [0.5, 0.6) is 0 Å². The molecule has 0 saturated carbocycles. The number of amides is 2. The summed E-state index contributed by atoms with van der Waals surface area (Å²) in [6.45, 7) is 6.30. The van der Waals surface area contributed by atoms with Crippen LogP contribution < -0.4 is 10.2 Å². The topological polar surface area (TPSA) is 96.6 Å². The van der Waals surface area contributed by atoms with Gasteiger partial charge in [-0.25, -0.2) is 9.78 Å². The summed E-state index contributed by atoms with van der Waals surface area (Å²) in [6, 6.07) is 10.1. The van der Waals surface area contributed by atoms with Crippen LogP contribution in [0.4, 0.5) is 10.5 Å². The van der Waals surface area contributed by atoms with Gasteiger partial charge >= 0.3 is 6.09 Å². The third kappa shape index (κ3) is 4.16. The van der Waals surface area contributed by atoms with Crippen molar-refractivity contribution in [1.82, 2.24) is 15.3 Å². The molecular weight excluding hydrogens is 432 g/mol. The van der Waals surface area contributed by atoms with E-state index in [0.717, 1.165) is 22.3 Å². The Morgan fingerprint density at radius 3 is 2.78 bits per heavy atom. The van der Waals surface area contributed by atoms with E-state index < -0.39 is 11.6 Å². The standard InChI is InChI=1S/C23H25ClN4O4/c1-13-9-14(5-8-19(13)28-22(30)32-12-23(28,2)3)21(29)27-18(11-31-4)20-25-16-7-6-15(24)10-17(16)26-20/h5-10,18H,11-12H2,1-4H3,(H,25,26)(H,27,29)/t18-/m0/s1. The van der Waals surface area contributed by atoms with E-state index in [1.165, 1.54) is 0 Å². The Bertz CT molecular complexity index is 1190. The van der Waals surface area contributed by atoms with E-state index in [9.17, 15) is 9.59 Å². The van der Waals surface area contributed by atoms with E-state index in [1.807, 2.05) is 26.8 Å². The van der Waals surface area contributed by atoms with E-state index in [-0.39, 0.29) is 18.6 Å². The molecule has 1 aromatic heterocycles. The minimum atomic E-state index is -0.480. The number of carbonyl (C=O) groups is 2. The molecule has 0 bridgehead atoms. The number of methoxy groups -OCH3 is 1. The molecule has 168 valence electrons. The quantitative estimate of drug-likeness (QED) is 0.573. The number of carbonyl (C=O) groups excluding carboxylic acids is 2. The number of nitrogens with one attached hydrogen (secondary N) is 2. The Labute approximate surface area is 190 Å². The fraction of sp³-hybridized carbons (Fsp3) is 0.348. The van der Waals surface area contributed by atoms with Gasteiger partial charge in [0.25, 0.3) is 5.91 Å². The molecule has 2 heterocycles. The molecule has 1 aliphatic rings. The molecule has 8 nitrogen and oxygen atoms in total. The van der Waals surface area contributed by atoms with Crippen LogP contribution in [-0.2, 0) is 9.47 Å². The molecule has 3 aromatic rings. The molecule has 2 N–H and O–H groups in total. The number of benzene rings is 2. The van der Waals surface area contributed by atoms with E-state index in [4.69, 9.17) is 21.1 Å². The van der Waals surface area contributed by atoms with Crippen molar-refractivity contribution in [3.05, 3.63) is 58.4 Å². The molecular formula is C23H25ClN4O4. The predicted octanol–water partition coefficient (Wildman–Crippen LogP) is 4.38. The van der Waals surface area contributed by atoms with E-state index in [1.54, 1.807) is 42.3 Å². The number of aromatic nitrogens is 2. The Morgan fingerprint density at radius 2 is 2.12 bits per heavy atom. The third-order valence-corrected chi connectivity index (χ3v) is 5.70. The highest BCUT2D eigenvalue weighted by atomic mass is 35.5. The van der Waals surface area contributed by atoms with Crippen LogP contribution in [0.2, 0.25) is 5.02 Å². The summed E-state index contributed by atoms with van der Waals surface area (Å²) >= 11 is 6.06. The Balaban J connectivity index is 1.57. The first-order valence-electron chi connectivity index (χ1n) is 10.2. The lowest BCUT2D eigenvalue weighted by molar-refractivity contribution is 0.0892. The Hall–Kier alpha value is -3.10. The van der Waals surface area contributed by atoms with Crippen molar-refractivity contribution in [2.45, 2.75) is 32.4 Å². The van der Waals surface area contributed by atoms with E-state index in [0.29, 0.717) is 23.0 Å². The number of anilines is 1. The monoisotopic (exact) mass is 456 g/mol. The molecule has 0 spiro atoms. The SMILES string of the molecule is COC[C@H](NC(=O)c1ccc(N2C(=O)OCC2(C)C)c(C)c1)c1nc2ccc(Cl)cc2[nH]1. The second kappa shape index (κ2) is 8.44. The second-order valence-electron chi connectivity index (χ2n) is 8.47. The van der Waals surface area contributed by atoms with Gasteiger partial charge in [-0.3, -0.25) is 9.69 Å². The van der Waals surface area contributed by atoms with Crippen LogP contribution in [0.25, 0.3) is 11.0 Å². The van der Waals surface area contributed by atoms with Crippen LogP contribution >= 0.6 is 11.6 Å². The highest BCUT2D eigenvalue weighted by Gasteiger charge is 2.41. The number of halogens is 1. The smallest absolute Gasteiger partial charge is 0.414 e. The molecule has 0 aliphatic carbocycles. The number of H-pyrrole nitrogens is 1. The zero-order valence-corrected chi connectivity index (χ0v) is 19.1. The molecule has 1 atom stereocenters. The van der Waals surface area contributed by atoms with Crippen LogP contribution in [-0.4, -0.2) is 47.8 Å². The first-order valence-corrected chi connectivity index (χ1v) is 10.6. The molecule has 2 amide bonds. The van der Waals surface area contributed by atoms with Crippen molar-refractivity contribution in [1.29, 1.82) is 0 Å². The van der Waals surface area contributed by atoms with Crippen LogP contribution in [0.1, 0.15) is 41.6 Å². The molecule has 0 unspecified atom stereocenters. The molecule has 0 radical (unpaired) electrons. The second-order valence-corrected chi connectivity index (χ2v) is 8.91. The van der Waals surface area contributed by atoms with Gasteiger partial charge in [0, 0.05) is 17.7 Å². The van der Waals surface area contributed by atoms with Gasteiger partial charge in [-0.2, -0.15) is 0 Å². The average molecular weight is 457 g/mol. The van der Waals surface area contributed by atoms with Crippen molar-refractivity contribution >= 4 is 40.3 Å². The highest BCUT2D eigenvalue weighted by molar-refractivity contribution is 6.31. The average Bonchev–Trinajstić information content (AvgIpc) is 3.27. The Morgan fingerprint density at radius 1 is 1.34 bits per heavy atom. The van der Waals surface area contributed by atoms with Gasteiger partial charge in [0.05, 0.1) is 28.9 Å². The lowest BCUT2D eigenvalue weighted by Gasteiger charge is -2.29. The van der Waals surface area contributed by atoms with Crippen molar-refractivity contribution in [3.8, 4) is 0 Å². The van der Waals surface area contributed by atoms with Gasteiger partial charge in [0.2, 0.25) is 0 Å². The van der Waals surface area contributed by atoms with Gasteiger partial charge in [0.15, 0.2) is 0 Å². The highest BCUT2D eigenvalue weighted by Crippen LogP contribution is 2.33. The van der Waals surface area contributed by atoms with Crippen LogP contribution in [0, 0.1) is 6.92 Å². The lowest BCUT2D eigenvalue weighted by atomic mass is 10.0. The summed E-state index contributed by atoms with van der Waals surface area (Å²) in [5.74, 6) is 0.302. The van der Waals surface area contributed by atoms with E-state index >= 15 is 0 Å². The van der Waals surface area contributed by atoms with Gasteiger partial charge in [-0.05, 0) is 62.7 Å². The number of fused-ring (bicyclic) bond motifs is 1. The van der Waals surface area contributed by atoms with E-state index in [2.05, 4.69) is 15.3 Å². The molecule has 32 heavy (non-hydrogen) atoms. The van der Waals surface area contributed by atoms with Crippen molar-refractivity contribution in [2.75, 3.05) is 25.2 Å². The number of aromatic amines is 1. The maximum atomic E-state index is 13.0. The molecule has 1 saturated heterocycles. The molecule has 9 heteroatoms. The van der Waals surface area contributed by atoms with Crippen molar-refractivity contribution in [3.63, 3.8) is 0 Å². The number of ether oxygens (including phenoxy) is 2. The van der Waals surface area contributed by atoms with Crippen molar-refractivity contribution < 1.29 is 19.1 Å². The summed E-state index contributed by atoms with van der Waals surface area (Å²) in [5, 5.41) is 3.57. The predicted molar refractivity (Wildman–Crippen MR) is 122 cm³/mol. The summed E-state index contributed by atoms with van der Waals surface area (Å²) < 4.78 is 10.5. The first-order chi connectivity index (χ1) is 15.2. The van der Waals surface area contributed by atoms with Gasteiger partial charge in [0.1, 0.15) is 18.5 Å². The number of hydrogen-bond donors (Lipinski definition) is 2. The summed E-state index contributed by atoms with van der Waals surface area (Å²) in [4.78, 5) is 34.6. The van der Waals surface area contributed by atoms with Gasteiger partial charge in [-0.1, -0.05) is 11.6 Å². The maximum Gasteiger partial charge on any atom is 0.414 e. The number of nitrogens with zero attached hydrogens (tertiary/aromatic N) is 2. The Kier molecular flexibility index (Phi) is 5.83. The summed E-state index contributed by atoms with van der Waals surface area (Å²) in [6.07, 6.45) is -0.388. The molecule has 1 fully saturated rings. The largest absolute Gasteiger partial charge is 0.447 e. The number of aryl methyl sites for hydroxylation is 1. The van der Waals surface area contributed by atoms with Gasteiger partial charge < -0.3 is 19.8 Å². The number of imidazole rings is 1. The molecule has 1 aliphatic heterocycles. The zero-order chi connectivity index (χ0) is 23.0. The fourth-order valence-corrected chi connectivity index (χ4v) is 4.02. The molecule has 4 rings (SSSR count). The van der Waals surface area contributed by atoms with Crippen LogP contribution in [0.15, 0.2) is 36.4 Å². The first kappa shape index (κ1) is 22.1. The minimum absolute atomic E-state index is 0.240. The number of rotatable bonds is 6. The number of cyclic esters (lactones) is 1. The maximum absolute atomic E-state index is 13.0.